The molecule has 18 heavy (non-hydrogen) atoms. The van der Waals surface area contributed by atoms with Crippen molar-refractivity contribution in [3.8, 4) is 0 Å². The summed E-state index contributed by atoms with van der Waals surface area (Å²) in [5, 5.41) is 0.791. The molecule has 0 aliphatic carbocycles. The predicted molar refractivity (Wildman–Crippen MR) is 73.4 cm³/mol. The Morgan fingerprint density at radius 2 is 2.00 bits per heavy atom. The number of anilines is 1. The number of nitrogens with zero attached hydrogens (tertiary/aromatic N) is 2. The molecule has 0 radical (unpaired) electrons. The number of carbonyl (C=O) groups is 1. The fraction of sp³-hybridized carbons (Fsp3) is 0.0769. The SMILES string of the molecule is CN(C(=O)c1ccc(Cl)c(Cl)c1)c1cccnc1. The molecular weight excluding hydrogens is 271 g/mol. The third kappa shape index (κ3) is 2.63. The molecular formula is C13H10Cl2N2O. The minimum absolute atomic E-state index is 0.165. The van der Waals surface area contributed by atoms with Crippen molar-refractivity contribution in [2.24, 2.45) is 0 Å². The van der Waals surface area contributed by atoms with Crippen molar-refractivity contribution in [2.75, 3.05) is 11.9 Å². The Morgan fingerprint density at radius 1 is 1.22 bits per heavy atom. The highest BCUT2D eigenvalue weighted by molar-refractivity contribution is 6.42. The van der Waals surface area contributed by atoms with Crippen LogP contribution in [0.3, 0.4) is 0 Å². The number of aromatic nitrogens is 1. The predicted octanol–water partition coefficient (Wildman–Crippen LogP) is 3.67. The van der Waals surface area contributed by atoms with Crippen LogP contribution >= 0.6 is 23.2 Å². The average Bonchev–Trinajstić information content (AvgIpc) is 2.41. The normalized spacial score (nSPS) is 10.2. The molecule has 1 aromatic heterocycles. The van der Waals surface area contributed by atoms with E-state index in [1.165, 1.54) is 4.90 Å². The van der Waals surface area contributed by atoms with Crippen molar-refractivity contribution >= 4 is 34.8 Å². The van der Waals surface area contributed by atoms with Gasteiger partial charge in [-0.3, -0.25) is 9.78 Å². The number of rotatable bonds is 2. The summed E-state index contributed by atoms with van der Waals surface area (Å²) < 4.78 is 0. The monoisotopic (exact) mass is 280 g/mol. The standard InChI is InChI=1S/C13H10Cl2N2O/c1-17(10-3-2-6-16-8-10)13(18)9-4-5-11(14)12(15)7-9/h2-8H,1H3. The lowest BCUT2D eigenvalue weighted by molar-refractivity contribution is 0.0993. The molecule has 3 nitrogen and oxygen atoms in total. The first-order chi connectivity index (χ1) is 8.59. The Bertz CT molecular complexity index is 572. The van der Waals surface area contributed by atoms with Gasteiger partial charge in [0.1, 0.15) is 0 Å². The lowest BCUT2D eigenvalue weighted by Crippen LogP contribution is -2.26. The van der Waals surface area contributed by atoms with Gasteiger partial charge in [-0.05, 0) is 30.3 Å². The molecule has 2 aromatic rings. The molecule has 1 heterocycles. The molecule has 0 saturated carbocycles. The van der Waals surface area contributed by atoms with E-state index in [0.717, 1.165) is 0 Å². The smallest absolute Gasteiger partial charge is 0.258 e. The van der Waals surface area contributed by atoms with Crippen LogP contribution in [0, 0.1) is 0 Å². The zero-order valence-corrected chi connectivity index (χ0v) is 11.1. The number of amides is 1. The van der Waals surface area contributed by atoms with Crippen LogP contribution in [-0.2, 0) is 0 Å². The van der Waals surface area contributed by atoms with Gasteiger partial charge in [-0.15, -0.1) is 0 Å². The van der Waals surface area contributed by atoms with E-state index in [0.29, 0.717) is 21.3 Å². The van der Waals surface area contributed by atoms with Gasteiger partial charge in [0.25, 0.3) is 5.91 Å². The molecule has 0 N–H and O–H groups in total. The van der Waals surface area contributed by atoms with E-state index >= 15 is 0 Å². The molecule has 0 aliphatic heterocycles. The van der Waals surface area contributed by atoms with Crippen molar-refractivity contribution in [3.05, 3.63) is 58.3 Å². The number of carbonyl (C=O) groups excluding carboxylic acids is 1. The second-order valence-electron chi connectivity index (χ2n) is 3.70. The van der Waals surface area contributed by atoms with Gasteiger partial charge >= 0.3 is 0 Å². The third-order valence-electron chi connectivity index (χ3n) is 2.50. The van der Waals surface area contributed by atoms with E-state index in [1.54, 1.807) is 43.7 Å². The minimum atomic E-state index is -0.165. The highest BCUT2D eigenvalue weighted by Crippen LogP contribution is 2.24. The molecule has 0 aliphatic rings. The molecule has 0 spiro atoms. The topological polar surface area (TPSA) is 33.2 Å². The van der Waals surface area contributed by atoms with Gasteiger partial charge in [0.15, 0.2) is 0 Å². The van der Waals surface area contributed by atoms with Crippen LogP contribution in [0.1, 0.15) is 10.4 Å². The summed E-state index contributed by atoms with van der Waals surface area (Å²) in [7, 11) is 1.68. The molecule has 5 heteroatoms. The van der Waals surface area contributed by atoms with E-state index < -0.39 is 0 Å². The number of hydrogen-bond donors (Lipinski definition) is 0. The number of hydrogen-bond acceptors (Lipinski definition) is 2. The van der Waals surface area contributed by atoms with E-state index in [4.69, 9.17) is 23.2 Å². The fourth-order valence-electron chi connectivity index (χ4n) is 1.49. The van der Waals surface area contributed by atoms with Crippen LogP contribution in [0.15, 0.2) is 42.7 Å². The summed E-state index contributed by atoms with van der Waals surface area (Å²) in [4.78, 5) is 17.7. The zero-order valence-electron chi connectivity index (χ0n) is 9.60. The first-order valence-corrected chi connectivity index (χ1v) is 5.98. The van der Waals surface area contributed by atoms with Gasteiger partial charge in [-0.2, -0.15) is 0 Å². The van der Waals surface area contributed by atoms with Gasteiger partial charge in [0, 0.05) is 18.8 Å². The Balaban J connectivity index is 2.29. The maximum absolute atomic E-state index is 12.2. The number of halogens is 2. The third-order valence-corrected chi connectivity index (χ3v) is 3.24. The Labute approximate surface area is 115 Å². The average molecular weight is 281 g/mol. The maximum Gasteiger partial charge on any atom is 0.258 e. The van der Waals surface area contributed by atoms with Crippen LogP contribution in [0.5, 0.6) is 0 Å². The summed E-state index contributed by atoms with van der Waals surface area (Å²) >= 11 is 11.7. The second-order valence-corrected chi connectivity index (χ2v) is 4.52. The number of benzene rings is 1. The van der Waals surface area contributed by atoms with E-state index in [1.807, 2.05) is 6.07 Å². The maximum atomic E-state index is 12.2. The molecule has 92 valence electrons. The van der Waals surface area contributed by atoms with Gasteiger partial charge in [0.05, 0.1) is 21.9 Å². The highest BCUT2D eigenvalue weighted by Gasteiger charge is 2.14. The van der Waals surface area contributed by atoms with Gasteiger partial charge in [-0.1, -0.05) is 23.2 Å². The van der Waals surface area contributed by atoms with E-state index in [9.17, 15) is 4.79 Å². The summed E-state index contributed by atoms with van der Waals surface area (Å²) in [6.45, 7) is 0. The molecule has 0 fully saturated rings. The Morgan fingerprint density at radius 3 is 2.61 bits per heavy atom. The Hall–Kier alpha value is -1.58. The number of pyridine rings is 1. The van der Waals surface area contributed by atoms with Crippen molar-refractivity contribution in [2.45, 2.75) is 0 Å². The quantitative estimate of drug-likeness (QED) is 0.841. The minimum Gasteiger partial charge on any atom is -0.310 e. The first-order valence-electron chi connectivity index (χ1n) is 5.22. The van der Waals surface area contributed by atoms with Crippen molar-refractivity contribution in [3.63, 3.8) is 0 Å². The lowest BCUT2D eigenvalue weighted by Gasteiger charge is -2.17. The van der Waals surface area contributed by atoms with Gasteiger partial charge < -0.3 is 4.90 Å². The fourth-order valence-corrected chi connectivity index (χ4v) is 1.79. The molecule has 0 saturated heterocycles. The van der Waals surface area contributed by atoms with Crippen molar-refractivity contribution in [1.82, 2.24) is 4.98 Å². The van der Waals surface area contributed by atoms with Crippen LogP contribution in [0.2, 0.25) is 10.0 Å². The van der Waals surface area contributed by atoms with Crippen LogP contribution in [0.25, 0.3) is 0 Å². The molecule has 0 bridgehead atoms. The largest absolute Gasteiger partial charge is 0.310 e. The summed E-state index contributed by atoms with van der Waals surface area (Å²) in [5.41, 5.74) is 1.20. The summed E-state index contributed by atoms with van der Waals surface area (Å²) in [6, 6.07) is 8.38. The van der Waals surface area contributed by atoms with Gasteiger partial charge in [0.2, 0.25) is 0 Å². The lowest BCUT2D eigenvalue weighted by atomic mass is 10.2. The highest BCUT2D eigenvalue weighted by atomic mass is 35.5. The van der Waals surface area contributed by atoms with Crippen molar-refractivity contribution in [1.29, 1.82) is 0 Å². The molecule has 0 unspecified atom stereocenters. The molecule has 1 amide bonds. The first kappa shape index (κ1) is 12.9. The molecule has 2 rings (SSSR count). The van der Waals surface area contributed by atoms with Crippen LogP contribution in [0.4, 0.5) is 5.69 Å². The van der Waals surface area contributed by atoms with Gasteiger partial charge in [-0.25, -0.2) is 0 Å². The zero-order chi connectivity index (χ0) is 13.1. The van der Waals surface area contributed by atoms with E-state index in [-0.39, 0.29) is 5.91 Å². The van der Waals surface area contributed by atoms with Crippen LogP contribution in [-0.4, -0.2) is 17.9 Å². The molecule has 0 atom stereocenters. The molecule has 1 aromatic carbocycles. The second kappa shape index (κ2) is 5.38. The van der Waals surface area contributed by atoms with E-state index in [2.05, 4.69) is 4.98 Å². The van der Waals surface area contributed by atoms with Crippen LogP contribution < -0.4 is 4.90 Å². The Kier molecular flexibility index (Phi) is 3.84. The summed E-state index contributed by atoms with van der Waals surface area (Å²) in [6.07, 6.45) is 3.27. The summed E-state index contributed by atoms with van der Waals surface area (Å²) in [5.74, 6) is -0.165. The van der Waals surface area contributed by atoms with Crippen molar-refractivity contribution < 1.29 is 4.79 Å².